The molecule has 0 fully saturated rings. The van der Waals surface area contributed by atoms with Gasteiger partial charge in [-0.3, -0.25) is 0 Å². The number of aryl methyl sites for hydroxylation is 1. The number of halogens is 2. The molecule has 2 rings (SSSR count). The normalized spacial score (nSPS) is 12.4. The third-order valence-corrected chi connectivity index (χ3v) is 4.81. The number of hydrogen-bond donors (Lipinski definition) is 1. The van der Waals surface area contributed by atoms with E-state index in [1.165, 1.54) is 11.1 Å². The van der Waals surface area contributed by atoms with Crippen LogP contribution in [0.15, 0.2) is 47.4 Å². The molecule has 0 radical (unpaired) electrons. The highest BCUT2D eigenvalue weighted by Crippen LogP contribution is 2.39. The van der Waals surface area contributed by atoms with Gasteiger partial charge in [0.25, 0.3) is 0 Å². The second kappa shape index (κ2) is 6.67. The summed E-state index contributed by atoms with van der Waals surface area (Å²) in [5.41, 5.74) is 8.34. The zero-order chi connectivity index (χ0) is 13.8. The lowest BCUT2D eigenvalue weighted by Gasteiger charge is -2.16. The molecule has 0 aliphatic heterocycles. The van der Waals surface area contributed by atoms with Gasteiger partial charge in [-0.15, -0.1) is 11.8 Å². The first-order valence-electron chi connectivity index (χ1n) is 5.98. The molecule has 0 spiro atoms. The van der Waals surface area contributed by atoms with Crippen molar-refractivity contribution in [2.24, 2.45) is 5.73 Å². The molecule has 4 heteroatoms. The van der Waals surface area contributed by atoms with Gasteiger partial charge in [-0.05, 0) is 30.7 Å². The zero-order valence-corrected chi connectivity index (χ0v) is 12.9. The van der Waals surface area contributed by atoms with Crippen LogP contribution < -0.4 is 5.73 Å². The molecular weight excluding hydrogens is 297 g/mol. The van der Waals surface area contributed by atoms with Crippen LogP contribution >= 0.6 is 35.0 Å². The van der Waals surface area contributed by atoms with Crippen molar-refractivity contribution in [1.82, 2.24) is 0 Å². The van der Waals surface area contributed by atoms with E-state index in [-0.39, 0.29) is 5.25 Å². The van der Waals surface area contributed by atoms with Crippen molar-refractivity contribution in [3.63, 3.8) is 0 Å². The van der Waals surface area contributed by atoms with Crippen LogP contribution in [0.4, 0.5) is 0 Å². The van der Waals surface area contributed by atoms with Crippen LogP contribution in [0.5, 0.6) is 0 Å². The van der Waals surface area contributed by atoms with Crippen LogP contribution in [0.2, 0.25) is 10.0 Å². The topological polar surface area (TPSA) is 26.0 Å². The number of benzene rings is 2. The Bertz CT molecular complexity index is 572. The molecule has 100 valence electrons. The molecule has 2 aromatic rings. The summed E-state index contributed by atoms with van der Waals surface area (Å²) in [4.78, 5) is 0.964. The zero-order valence-electron chi connectivity index (χ0n) is 10.6. The van der Waals surface area contributed by atoms with Crippen molar-refractivity contribution in [3.8, 4) is 0 Å². The van der Waals surface area contributed by atoms with E-state index < -0.39 is 0 Å². The fourth-order valence-electron chi connectivity index (χ4n) is 1.84. The summed E-state index contributed by atoms with van der Waals surface area (Å²) in [5, 5.41) is 1.57. The van der Waals surface area contributed by atoms with Crippen LogP contribution in [0.25, 0.3) is 0 Å². The Labute approximate surface area is 128 Å². The number of hydrogen-bond acceptors (Lipinski definition) is 2. The van der Waals surface area contributed by atoms with E-state index in [1.54, 1.807) is 17.8 Å². The highest BCUT2D eigenvalue weighted by Gasteiger charge is 2.13. The minimum atomic E-state index is 0.177. The molecule has 0 amide bonds. The second-order valence-electron chi connectivity index (χ2n) is 4.33. The maximum Gasteiger partial charge on any atom is 0.0543 e. The predicted molar refractivity (Wildman–Crippen MR) is 85.3 cm³/mol. The fraction of sp³-hybridized carbons (Fsp3) is 0.200. The summed E-state index contributed by atoms with van der Waals surface area (Å²) in [6.07, 6.45) is 0. The van der Waals surface area contributed by atoms with Gasteiger partial charge in [-0.25, -0.2) is 0 Å². The highest BCUT2D eigenvalue weighted by molar-refractivity contribution is 7.99. The summed E-state index contributed by atoms with van der Waals surface area (Å²) >= 11 is 13.9. The largest absolute Gasteiger partial charge is 0.329 e. The van der Waals surface area contributed by atoms with E-state index in [2.05, 4.69) is 25.1 Å². The molecule has 0 aliphatic rings. The van der Waals surface area contributed by atoms with Crippen LogP contribution in [-0.4, -0.2) is 6.54 Å². The number of nitrogens with two attached hydrogens (primary N) is 1. The quantitative estimate of drug-likeness (QED) is 0.795. The molecule has 1 atom stereocenters. The van der Waals surface area contributed by atoms with Crippen molar-refractivity contribution < 1.29 is 0 Å². The summed E-state index contributed by atoms with van der Waals surface area (Å²) < 4.78 is 0. The maximum absolute atomic E-state index is 6.20. The van der Waals surface area contributed by atoms with E-state index in [9.17, 15) is 0 Å². The number of thioether (sulfide) groups is 1. The van der Waals surface area contributed by atoms with Gasteiger partial charge in [-0.2, -0.15) is 0 Å². The van der Waals surface area contributed by atoms with Crippen molar-refractivity contribution >= 4 is 35.0 Å². The van der Waals surface area contributed by atoms with E-state index >= 15 is 0 Å². The Morgan fingerprint density at radius 3 is 2.63 bits per heavy atom. The maximum atomic E-state index is 6.20. The summed E-state index contributed by atoms with van der Waals surface area (Å²) in [6.45, 7) is 2.63. The van der Waals surface area contributed by atoms with E-state index in [4.69, 9.17) is 28.9 Å². The molecule has 0 aliphatic carbocycles. The minimum absolute atomic E-state index is 0.177. The first kappa shape index (κ1) is 14.7. The molecule has 0 saturated heterocycles. The standard InChI is InChI=1S/C15H15Cl2NS/c1-10-3-2-4-11(7-10)15(9-18)19-14-8-12(16)5-6-13(14)17/h2-8,15H,9,18H2,1H3. The predicted octanol–water partition coefficient (Wildman–Crippen LogP) is 5.09. The third kappa shape index (κ3) is 3.90. The van der Waals surface area contributed by atoms with Crippen molar-refractivity contribution in [3.05, 3.63) is 63.6 Å². The Morgan fingerprint density at radius 2 is 1.95 bits per heavy atom. The fourth-order valence-corrected chi connectivity index (χ4v) is 3.39. The molecule has 0 aromatic heterocycles. The Kier molecular flexibility index (Phi) is 5.17. The molecule has 0 heterocycles. The first-order chi connectivity index (χ1) is 9.10. The lowest BCUT2D eigenvalue weighted by molar-refractivity contribution is 0.939. The molecular formula is C15H15Cl2NS. The van der Waals surface area contributed by atoms with E-state index in [0.29, 0.717) is 16.6 Å². The highest BCUT2D eigenvalue weighted by atomic mass is 35.5. The molecule has 0 saturated carbocycles. The molecule has 2 aromatic carbocycles. The average Bonchev–Trinajstić information content (AvgIpc) is 2.39. The van der Waals surface area contributed by atoms with Gasteiger partial charge in [-0.1, -0.05) is 53.0 Å². The van der Waals surface area contributed by atoms with Gasteiger partial charge >= 0.3 is 0 Å². The smallest absolute Gasteiger partial charge is 0.0543 e. The van der Waals surface area contributed by atoms with Crippen molar-refractivity contribution in [2.75, 3.05) is 6.54 Å². The van der Waals surface area contributed by atoms with Crippen molar-refractivity contribution in [2.45, 2.75) is 17.1 Å². The lowest BCUT2D eigenvalue weighted by Crippen LogP contribution is -2.09. The average molecular weight is 312 g/mol. The molecule has 0 bridgehead atoms. The van der Waals surface area contributed by atoms with E-state index in [0.717, 1.165) is 4.90 Å². The van der Waals surface area contributed by atoms with Gasteiger partial charge in [0.05, 0.1) is 5.02 Å². The monoisotopic (exact) mass is 311 g/mol. The summed E-state index contributed by atoms with van der Waals surface area (Å²) in [6, 6.07) is 13.9. The van der Waals surface area contributed by atoms with Crippen molar-refractivity contribution in [1.29, 1.82) is 0 Å². The van der Waals surface area contributed by atoms with Gasteiger partial charge in [0.1, 0.15) is 0 Å². The Morgan fingerprint density at radius 1 is 1.16 bits per heavy atom. The Hall–Kier alpha value is -0.670. The van der Waals surface area contributed by atoms with Gasteiger partial charge in [0.15, 0.2) is 0 Å². The minimum Gasteiger partial charge on any atom is -0.329 e. The lowest BCUT2D eigenvalue weighted by atomic mass is 10.1. The van der Waals surface area contributed by atoms with Gasteiger partial charge in [0, 0.05) is 21.7 Å². The summed E-state index contributed by atoms with van der Waals surface area (Å²) in [7, 11) is 0. The first-order valence-corrected chi connectivity index (χ1v) is 7.62. The SMILES string of the molecule is Cc1cccc(C(CN)Sc2cc(Cl)ccc2Cl)c1. The van der Waals surface area contributed by atoms with Crippen LogP contribution in [-0.2, 0) is 0 Å². The van der Waals surface area contributed by atoms with Gasteiger partial charge in [0.2, 0.25) is 0 Å². The molecule has 1 nitrogen and oxygen atoms in total. The van der Waals surface area contributed by atoms with Crippen LogP contribution in [0.3, 0.4) is 0 Å². The summed E-state index contributed by atoms with van der Waals surface area (Å²) in [5.74, 6) is 0. The second-order valence-corrected chi connectivity index (χ2v) is 6.42. The van der Waals surface area contributed by atoms with E-state index in [1.807, 2.05) is 18.2 Å². The molecule has 2 N–H and O–H groups in total. The molecule has 1 unspecified atom stereocenters. The Balaban J connectivity index is 2.26. The van der Waals surface area contributed by atoms with Gasteiger partial charge < -0.3 is 5.73 Å². The van der Waals surface area contributed by atoms with Crippen LogP contribution in [0, 0.1) is 6.92 Å². The van der Waals surface area contributed by atoms with Crippen LogP contribution in [0.1, 0.15) is 16.4 Å². The number of rotatable bonds is 4. The third-order valence-electron chi connectivity index (χ3n) is 2.79. The molecule has 19 heavy (non-hydrogen) atoms.